The molecule has 0 radical (unpaired) electrons. The maximum atomic E-state index is 12.4. The maximum absolute atomic E-state index is 12.4. The molecule has 0 aliphatic carbocycles. The van der Waals surface area contributed by atoms with Gasteiger partial charge in [-0.05, 0) is 42.8 Å². The average molecular weight is 357 g/mol. The van der Waals surface area contributed by atoms with E-state index in [-0.39, 0.29) is 12.0 Å². The summed E-state index contributed by atoms with van der Waals surface area (Å²) in [5.41, 5.74) is 0. The zero-order valence-corrected chi connectivity index (χ0v) is 14.9. The van der Waals surface area contributed by atoms with Gasteiger partial charge in [-0.1, -0.05) is 19.1 Å². The fourth-order valence-corrected chi connectivity index (χ4v) is 2.63. The van der Waals surface area contributed by atoms with E-state index in [1.54, 1.807) is 31.4 Å². The molecule has 2 aromatic rings. The van der Waals surface area contributed by atoms with E-state index in [0.717, 1.165) is 11.5 Å². The first-order valence-corrected chi connectivity index (χ1v) is 8.66. The normalized spacial score (nSPS) is 16.5. The van der Waals surface area contributed by atoms with Crippen LogP contribution in [-0.2, 0) is 4.79 Å². The Morgan fingerprint density at radius 2 is 1.85 bits per heavy atom. The molecular formula is C20H23NO5. The second-order valence-corrected chi connectivity index (χ2v) is 5.93. The van der Waals surface area contributed by atoms with Gasteiger partial charge in [0, 0.05) is 0 Å². The van der Waals surface area contributed by atoms with Gasteiger partial charge in [-0.15, -0.1) is 0 Å². The van der Waals surface area contributed by atoms with Crippen LogP contribution in [-0.4, -0.2) is 38.4 Å². The molecule has 0 aromatic heterocycles. The van der Waals surface area contributed by atoms with Gasteiger partial charge in [0.1, 0.15) is 24.2 Å². The van der Waals surface area contributed by atoms with Crippen molar-refractivity contribution in [1.82, 2.24) is 5.32 Å². The number of rotatable bonds is 7. The molecule has 2 aromatic carbocycles. The quantitative estimate of drug-likeness (QED) is 0.825. The number of hydrogen-bond acceptors (Lipinski definition) is 5. The number of ether oxygens (including phenoxy) is 4. The zero-order chi connectivity index (χ0) is 18.4. The summed E-state index contributed by atoms with van der Waals surface area (Å²) >= 11 is 0. The highest BCUT2D eigenvalue weighted by Gasteiger charge is 2.24. The molecule has 138 valence electrons. The molecule has 0 saturated carbocycles. The SMILES string of the molecule is CCC(Oc1ccc(OC)cc1)C(=O)NCC1COc2ccccc2O1. The van der Waals surface area contributed by atoms with Gasteiger partial charge in [0.05, 0.1) is 13.7 Å². The van der Waals surface area contributed by atoms with E-state index in [2.05, 4.69) is 5.32 Å². The van der Waals surface area contributed by atoms with Crippen LogP contribution in [0.2, 0.25) is 0 Å². The first-order chi connectivity index (χ1) is 12.7. The molecule has 2 atom stereocenters. The number of amides is 1. The van der Waals surface area contributed by atoms with Crippen LogP contribution >= 0.6 is 0 Å². The Hall–Kier alpha value is -2.89. The third-order valence-electron chi connectivity index (χ3n) is 4.07. The number of carbonyl (C=O) groups excluding carboxylic acids is 1. The highest BCUT2D eigenvalue weighted by Crippen LogP contribution is 2.30. The lowest BCUT2D eigenvalue weighted by atomic mass is 10.2. The first-order valence-electron chi connectivity index (χ1n) is 8.66. The molecule has 1 N–H and O–H groups in total. The van der Waals surface area contributed by atoms with Crippen molar-refractivity contribution in [2.75, 3.05) is 20.3 Å². The lowest BCUT2D eigenvalue weighted by Gasteiger charge is -2.27. The molecule has 0 saturated heterocycles. The van der Waals surface area contributed by atoms with Crippen LogP contribution in [0.1, 0.15) is 13.3 Å². The van der Waals surface area contributed by atoms with E-state index in [4.69, 9.17) is 18.9 Å². The van der Waals surface area contributed by atoms with Crippen molar-refractivity contribution in [3.05, 3.63) is 48.5 Å². The van der Waals surface area contributed by atoms with Crippen molar-refractivity contribution in [3.8, 4) is 23.0 Å². The van der Waals surface area contributed by atoms with E-state index in [9.17, 15) is 4.79 Å². The minimum Gasteiger partial charge on any atom is -0.497 e. The van der Waals surface area contributed by atoms with Gasteiger partial charge in [-0.3, -0.25) is 4.79 Å². The van der Waals surface area contributed by atoms with Gasteiger partial charge in [0.25, 0.3) is 5.91 Å². The van der Waals surface area contributed by atoms with Crippen LogP contribution in [0, 0.1) is 0 Å². The summed E-state index contributed by atoms with van der Waals surface area (Å²) in [6.07, 6.45) is -0.240. The van der Waals surface area contributed by atoms with Gasteiger partial charge in [-0.2, -0.15) is 0 Å². The number of para-hydroxylation sites is 2. The molecule has 1 aliphatic rings. The fraction of sp³-hybridized carbons (Fsp3) is 0.350. The van der Waals surface area contributed by atoms with E-state index < -0.39 is 6.10 Å². The molecule has 6 heteroatoms. The molecule has 0 bridgehead atoms. The zero-order valence-electron chi connectivity index (χ0n) is 14.9. The summed E-state index contributed by atoms with van der Waals surface area (Å²) in [6, 6.07) is 14.7. The monoisotopic (exact) mass is 357 g/mol. The van der Waals surface area contributed by atoms with E-state index in [1.165, 1.54) is 0 Å². The number of benzene rings is 2. The molecular weight excluding hydrogens is 334 g/mol. The van der Waals surface area contributed by atoms with Crippen LogP contribution in [0.4, 0.5) is 0 Å². The number of carbonyl (C=O) groups is 1. The number of hydrogen-bond donors (Lipinski definition) is 1. The Balaban J connectivity index is 1.51. The summed E-state index contributed by atoms with van der Waals surface area (Å²) < 4.78 is 22.4. The summed E-state index contributed by atoms with van der Waals surface area (Å²) in [6.45, 7) is 2.66. The average Bonchev–Trinajstić information content (AvgIpc) is 2.70. The molecule has 6 nitrogen and oxygen atoms in total. The molecule has 0 spiro atoms. The number of nitrogens with one attached hydrogen (secondary N) is 1. The lowest BCUT2D eigenvalue weighted by Crippen LogP contribution is -2.45. The predicted molar refractivity (Wildman–Crippen MR) is 97.1 cm³/mol. The smallest absolute Gasteiger partial charge is 0.261 e. The standard InChI is InChI=1S/C20H23NO5/c1-3-17(25-15-10-8-14(23-2)9-11-15)20(22)21-12-16-13-24-18-6-4-5-7-19(18)26-16/h4-11,16-17H,3,12-13H2,1-2H3,(H,21,22). The van der Waals surface area contributed by atoms with Crippen LogP contribution in [0.5, 0.6) is 23.0 Å². The van der Waals surface area contributed by atoms with E-state index in [0.29, 0.717) is 31.1 Å². The molecule has 3 rings (SSSR count). The minimum atomic E-state index is -0.569. The third-order valence-corrected chi connectivity index (χ3v) is 4.07. The number of methoxy groups -OCH3 is 1. The summed E-state index contributed by atoms with van der Waals surface area (Å²) in [5.74, 6) is 2.61. The fourth-order valence-electron chi connectivity index (χ4n) is 2.63. The van der Waals surface area contributed by atoms with Gasteiger partial charge < -0.3 is 24.3 Å². The van der Waals surface area contributed by atoms with Crippen molar-refractivity contribution in [2.45, 2.75) is 25.6 Å². The third kappa shape index (κ3) is 4.39. The summed E-state index contributed by atoms with van der Waals surface area (Å²) in [4.78, 5) is 12.4. The van der Waals surface area contributed by atoms with Gasteiger partial charge >= 0.3 is 0 Å². The second-order valence-electron chi connectivity index (χ2n) is 5.93. The molecule has 0 fully saturated rings. The highest BCUT2D eigenvalue weighted by atomic mass is 16.6. The lowest BCUT2D eigenvalue weighted by molar-refractivity contribution is -0.128. The minimum absolute atomic E-state index is 0.175. The Labute approximate surface area is 153 Å². The molecule has 1 aliphatic heterocycles. The van der Waals surface area contributed by atoms with E-state index >= 15 is 0 Å². The van der Waals surface area contributed by atoms with Crippen molar-refractivity contribution in [2.24, 2.45) is 0 Å². The van der Waals surface area contributed by atoms with Crippen LogP contribution < -0.4 is 24.3 Å². The Kier molecular flexibility index (Phi) is 5.84. The van der Waals surface area contributed by atoms with Crippen molar-refractivity contribution >= 4 is 5.91 Å². The van der Waals surface area contributed by atoms with Gasteiger partial charge in [-0.25, -0.2) is 0 Å². The van der Waals surface area contributed by atoms with Crippen LogP contribution in [0.3, 0.4) is 0 Å². The molecule has 26 heavy (non-hydrogen) atoms. The largest absolute Gasteiger partial charge is 0.497 e. The van der Waals surface area contributed by atoms with Crippen LogP contribution in [0.25, 0.3) is 0 Å². The molecule has 1 amide bonds. The predicted octanol–water partition coefficient (Wildman–Crippen LogP) is 2.81. The topological polar surface area (TPSA) is 66.0 Å². The second kappa shape index (κ2) is 8.47. The molecule has 1 heterocycles. The van der Waals surface area contributed by atoms with Crippen molar-refractivity contribution < 1.29 is 23.7 Å². The number of fused-ring (bicyclic) bond motifs is 1. The van der Waals surface area contributed by atoms with Gasteiger partial charge in [0.15, 0.2) is 17.6 Å². The highest BCUT2D eigenvalue weighted by molar-refractivity contribution is 5.81. The first kappa shape index (κ1) is 17.9. The van der Waals surface area contributed by atoms with Gasteiger partial charge in [0.2, 0.25) is 0 Å². The van der Waals surface area contributed by atoms with E-state index in [1.807, 2.05) is 31.2 Å². The Bertz CT molecular complexity index is 731. The molecule has 2 unspecified atom stereocenters. The van der Waals surface area contributed by atoms with Crippen molar-refractivity contribution in [1.29, 1.82) is 0 Å². The summed E-state index contributed by atoms with van der Waals surface area (Å²) in [7, 11) is 1.60. The summed E-state index contributed by atoms with van der Waals surface area (Å²) in [5, 5.41) is 2.88. The van der Waals surface area contributed by atoms with Crippen molar-refractivity contribution in [3.63, 3.8) is 0 Å². The Morgan fingerprint density at radius 1 is 1.15 bits per heavy atom. The maximum Gasteiger partial charge on any atom is 0.261 e. The Morgan fingerprint density at radius 3 is 2.54 bits per heavy atom. The van der Waals surface area contributed by atoms with Crippen LogP contribution in [0.15, 0.2) is 48.5 Å².